The van der Waals surface area contributed by atoms with Gasteiger partial charge in [-0.2, -0.15) is 0 Å². The minimum absolute atomic E-state index is 0.425. The van der Waals surface area contributed by atoms with Gasteiger partial charge >= 0.3 is 0 Å². The average Bonchev–Trinajstić information content (AvgIpc) is 3.27. The molecule has 134 valence electrons. The first-order chi connectivity index (χ1) is 12.3. The molecule has 5 heteroatoms. The lowest BCUT2D eigenvalue weighted by Crippen LogP contribution is -2.27. The molecule has 0 aromatic carbocycles. The lowest BCUT2D eigenvalue weighted by atomic mass is 10.0. The average molecular weight is 340 g/mol. The van der Waals surface area contributed by atoms with Crippen LogP contribution in [0.1, 0.15) is 48.8 Å². The van der Waals surface area contributed by atoms with Gasteiger partial charge in [0, 0.05) is 38.3 Å². The van der Waals surface area contributed by atoms with Crippen molar-refractivity contribution in [3.8, 4) is 0 Å². The van der Waals surface area contributed by atoms with Crippen molar-refractivity contribution in [3.63, 3.8) is 0 Å². The molecule has 2 fully saturated rings. The molecule has 2 aliphatic heterocycles. The molecule has 0 aliphatic carbocycles. The molecule has 4 rings (SSSR count). The number of imidazole rings is 1. The van der Waals surface area contributed by atoms with E-state index in [9.17, 15) is 0 Å². The van der Waals surface area contributed by atoms with E-state index in [4.69, 9.17) is 4.74 Å². The topological polar surface area (TPSA) is 43.2 Å². The summed E-state index contributed by atoms with van der Waals surface area (Å²) >= 11 is 0. The van der Waals surface area contributed by atoms with Crippen molar-refractivity contribution in [1.82, 2.24) is 19.4 Å². The van der Waals surface area contributed by atoms with Crippen molar-refractivity contribution in [3.05, 3.63) is 47.8 Å². The molecular weight excluding hydrogens is 312 g/mol. The minimum atomic E-state index is 0.425. The molecule has 0 radical (unpaired) electrons. The van der Waals surface area contributed by atoms with Crippen LogP contribution >= 0.6 is 0 Å². The summed E-state index contributed by atoms with van der Waals surface area (Å²) in [5, 5.41) is 0. The van der Waals surface area contributed by atoms with Crippen LogP contribution in [0.2, 0.25) is 0 Å². The highest BCUT2D eigenvalue weighted by Crippen LogP contribution is 2.33. The lowest BCUT2D eigenvalue weighted by molar-refractivity contribution is 0.0607. The highest BCUT2D eigenvalue weighted by atomic mass is 16.5. The van der Waals surface area contributed by atoms with E-state index in [0.29, 0.717) is 12.0 Å². The van der Waals surface area contributed by atoms with Crippen LogP contribution in [0.25, 0.3) is 0 Å². The fourth-order valence-electron chi connectivity index (χ4n) is 4.22. The van der Waals surface area contributed by atoms with E-state index >= 15 is 0 Å². The normalized spacial score (nSPS) is 22.5. The number of pyridine rings is 1. The first kappa shape index (κ1) is 16.7. The third-order valence-electron chi connectivity index (χ3n) is 5.67. The van der Waals surface area contributed by atoms with Gasteiger partial charge in [-0.1, -0.05) is 6.07 Å². The third-order valence-corrected chi connectivity index (χ3v) is 5.67. The minimum Gasteiger partial charge on any atom is -0.381 e. The zero-order valence-corrected chi connectivity index (χ0v) is 15.1. The van der Waals surface area contributed by atoms with Crippen molar-refractivity contribution in [2.45, 2.75) is 51.7 Å². The Morgan fingerprint density at radius 3 is 2.88 bits per heavy atom. The fraction of sp³-hybridized carbons (Fsp3) is 0.600. The molecule has 1 atom stereocenters. The molecule has 0 saturated carbocycles. The van der Waals surface area contributed by atoms with Gasteiger partial charge in [0.2, 0.25) is 0 Å². The maximum Gasteiger partial charge on any atom is 0.122 e. The number of hydrogen-bond donors (Lipinski definition) is 0. The van der Waals surface area contributed by atoms with Gasteiger partial charge in [0.25, 0.3) is 0 Å². The van der Waals surface area contributed by atoms with Gasteiger partial charge in [0.05, 0.1) is 18.3 Å². The van der Waals surface area contributed by atoms with Crippen LogP contribution < -0.4 is 0 Å². The fourth-order valence-corrected chi connectivity index (χ4v) is 4.22. The maximum absolute atomic E-state index is 5.49. The molecule has 2 saturated heterocycles. The Hall–Kier alpha value is -1.72. The van der Waals surface area contributed by atoms with Crippen molar-refractivity contribution in [2.24, 2.45) is 5.92 Å². The SMILES string of the molecule is Cc1cccnc1C1CCCN1Cc1nccn1CC1CCOCC1. The molecular formula is C20H28N4O. The summed E-state index contributed by atoms with van der Waals surface area (Å²) in [6.45, 7) is 7.09. The number of rotatable bonds is 5. The second-order valence-electron chi connectivity index (χ2n) is 7.39. The van der Waals surface area contributed by atoms with Crippen molar-refractivity contribution in [2.75, 3.05) is 19.8 Å². The predicted octanol–water partition coefficient (Wildman–Crippen LogP) is 3.35. The summed E-state index contributed by atoms with van der Waals surface area (Å²) in [5.74, 6) is 1.90. The summed E-state index contributed by atoms with van der Waals surface area (Å²) in [4.78, 5) is 11.9. The molecule has 0 spiro atoms. The van der Waals surface area contributed by atoms with Gasteiger partial charge in [-0.05, 0) is 56.7 Å². The highest BCUT2D eigenvalue weighted by Gasteiger charge is 2.29. The molecule has 2 aromatic heterocycles. The molecule has 1 unspecified atom stereocenters. The van der Waals surface area contributed by atoms with Gasteiger partial charge in [-0.15, -0.1) is 0 Å². The Kier molecular flexibility index (Phi) is 5.13. The number of likely N-dealkylation sites (tertiary alicyclic amines) is 1. The first-order valence-corrected chi connectivity index (χ1v) is 9.54. The van der Waals surface area contributed by atoms with Crippen LogP contribution in [-0.4, -0.2) is 39.2 Å². The maximum atomic E-state index is 5.49. The Bertz CT molecular complexity index is 693. The first-order valence-electron chi connectivity index (χ1n) is 9.54. The number of hydrogen-bond acceptors (Lipinski definition) is 4. The van der Waals surface area contributed by atoms with Crippen molar-refractivity contribution >= 4 is 0 Å². The molecule has 0 bridgehead atoms. The standard InChI is InChI=1S/C20H28N4O/c1-16-4-2-8-22-20(16)18-5-3-10-23(18)15-19-21-9-11-24(19)14-17-6-12-25-13-7-17/h2,4,8-9,11,17-18H,3,5-7,10,12-15H2,1H3. The van der Waals surface area contributed by atoms with Crippen molar-refractivity contribution < 1.29 is 4.74 Å². The third kappa shape index (κ3) is 3.77. The molecule has 4 heterocycles. The largest absolute Gasteiger partial charge is 0.381 e. The van der Waals surface area contributed by atoms with Gasteiger partial charge in [-0.3, -0.25) is 9.88 Å². The van der Waals surface area contributed by atoms with Crippen molar-refractivity contribution in [1.29, 1.82) is 0 Å². The molecule has 2 aliphatic rings. The summed E-state index contributed by atoms with van der Waals surface area (Å²) in [6.07, 6.45) is 10.8. The van der Waals surface area contributed by atoms with Crippen LogP contribution in [-0.2, 0) is 17.8 Å². The predicted molar refractivity (Wildman–Crippen MR) is 97.1 cm³/mol. The van der Waals surface area contributed by atoms with Crippen LogP contribution in [0.5, 0.6) is 0 Å². The smallest absolute Gasteiger partial charge is 0.122 e. The van der Waals surface area contributed by atoms with E-state index in [-0.39, 0.29) is 0 Å². The Morgan fingerprint density at radius 1 is 1.16 bits per heavy atom. The Balaban J connectivity index is 1.46. The Labute approximate surface area is 150 Å². The van der Waals surface area contributed by atoms with E-state index < -0.39 is 0 Å². The Morgan fingerprint density at radius 2 is 2.04 bits per heavy atom. The summed E-state index contributed by atoms with van der Waals surface area (Å²) < 4.78 is 7.85. The molecule has 0 amide bonds. The number of aromatic nitrogens is 3. The van der Waals surface area contributed by atoms with E-state index in [0.717, 1.165) is 45.7 Å². The highest BCUT2D eigenvalue weighted by molar-refractivity contribution is 5.22. The van der Waals surface area contributed by atoms with Crippen LogP contribution in [0.15, 0.2) is 30.7 Å². The lowest BCUT2D eigenvalue weighted by Gasteiger charge is -2.26. The monoisotopic (exact) mass is 340 g/mol. The van der Waals surface area contributed by atoms with Gasteiger partial charge in [0.1, 0.15) is 5.82 Å². The van der Waals surface area contributed by atoms with Gasteiger partial charge in [-0.25, -0.2) is 4.98 Å². The molecule has 0 N–H and O–H groups in total. The summed E-state index contributed by atoms with van der Waals surface area (Å²) in [5.41, 5.74) is 2.53. The quantitative estimate of drug-likeness (QED) is 0.837. The van der Waals surface area contributed by atoms with E-state index in [2.05, 4.69) is 38.6 Å². The van der Waals surface area contributed by atoms with Gasteiger partial charge < -0.3 is 9.30 Å². The zero-order chi connectivity index (χ0) is 17.1. The second-order valence-corrected chi connectivity index (χ2v) is 7.39. The zero-order valence-electron chi connectivity index (χ0n) is 15.1. The second kappa shape index (κ2) is 7.67. The van der Waals surface area contributed by atoms with Crippen LogP contribution in [0.3, 0.4) is 0 Å². The summed E-state index contributed by atoms with van der Waals surface area (Å²) in [6, 6.07) is 4.62. The van der Waals surface area contributed by atoms with E-state index in [1.165, 1.54) is 29.9 Å². The van der Waals surface area contributed by atoms with Crippen LogP contribution in [0.4, 0.5) is 0 Å². The number of nitrogens with zero attached hydrogens (tertiary/aromatic N) is 4. The van der Waals surface area contributed by atoms with E-state index in [1.807, 2.05) is 18.5 Å². The summed E-state index contributed by atoms with van der Waals surface area (Å²) in [7, 11) is 0. The molecule has 2 aromatic rings. The molecule has 5 nitrogen and oxygen atoms in total. The molecule has 25 heavy (non-hydrogen) atoms. The number of aryl methyl sites for hydroxylation is 1. The van der Waals surface area contributed by atoms with E-state index in [1.54, 1.807) is 0 Å². The van der Waals surface area contributed by atoms with Gasteiger partial charge in [0.15, 0.2) is 0 Å². The van der Waals surface area contributed by atoms with Crippen LogP contribution in [0, 0.1) is 12.8 Å². The number of ether oxygens (including phenoxy) is 1.